The molecular weight excluding hydrogens is 574 g/mol. The maximum Gasteiger partial charge on any atom is 0.481 e. The van der Waals surface area contributed by atoms with Crippen LogP contribution >= 0.6 is 15.6 Å². The van der Waals surface area contributed by atoms with E-state index in [9.17, 15) is 38.5 Å². The van der Waals surface area contributed by atoms with Crippen LogP contribution in [-0.2, 0) is 32.3 Å². The molecule has 9 atom stereocenters. The van der Waals surface area contributed by atoms with Crippen LogP contribution in [0.3, 0.4) is 0 Å². The van der Waals surface area contributed by atoms with Crippen LogP contribution in [0.1, 0.15) is 6.23 Å². The van der Waals surface area contributed by atoms with Crippen molar-refractivity contribution in [1.82, 2.24) is 9.55 Å². The summed E-state index contributed by atoms with van der Waals surface area (Å²) >= 11 is 0. The Kier molecular flexibility index (Phi) is 12.2. The number of aliphatic carboxylic acids is 1. The highest BCUT2D eigenvalue weighted by Crippen LogP contribution is 2.57. The van der Waals surface area contributed by atoms with Crippen LogP contribution in [0.2, 0.25) is 0 Å². The Morgan fingerprint density at radius 3 is 2.16 bits per heavy atom. The largest absolute Gasteiger partial charge is 0.481 e. The zero-order valence-electron chi connectivity index (χ0n) is 18.5. The molecule has 0 bridgehead atoms. The molecule has 0 amide bonds. The fourth-order valence-corrected chi connectivity index (χ4v) is 4.26. The predicted octanol–water partition coefficient (Wildman–Crippen LogP) is -5.90. The number of carboxylic acids is 1. The van der Waals surface area contributed by atoms with Crippen molar-refractivity contribution in [3.63, 3.8) is 0 Å². The van der Waals surface area contributed by atoms with Gasteiger partial charge in [-0.25, -0.2) is 18.7 Å². The number of phosphoric acid groups is 2. The minimum atomic E-state index is -5.32. The topological polar surface area (TPSA) is 353 Å². The number of rotatable bonds is 11. The van der Waals surface area contributed by atoms with Gasteiger partial charge in [0.05, 0.1) is 6.61 Å². The monoisotopic (exact) mass is 598 g/mol. The van der Waals surface area contributed by atoms with Gasteiger partial charge in [0, 0.05) is 12.3 Å². The van der Waals surface area contributed by atoms with E-state index in [1.165, 1.54) is 0 Å². The van der Waals surface area contributed by atoms with Crippen LogP contribution < -0.4 is 11.2 Å². The number of carbonyl (C=O) groups excluding carboxylic acids is 1. The van der Waals surface area contributed by atoms with Crippen molar-refractivity contribution in [1.29, 1.82) is 0 Å². The molecule has 1 aromatic rings. The lowest BCUT2D eigenvalue weighted by Gasteiger charge is -2.21. The first-order valence-electron chi connectivity index (χ1n) is 9.79. The summed E-state index contributed by atoms with van der Waals surface area (Å²) in [7, 11) is -10.5. The number of H-pyrrole nitrogens is 1. The molecule has 21 nitrogen and oxygen atoms in total. The first kappa shape index (κ1) is 33.8. The minimum absolute atomic E-state index is 0.0809. The van der Waals surface area contributed by atoms with Gasteiger partial charge in [-0.3, -0.25) is 18.9 Å². The molecule has 0 aromatic carbocycles. The van der Waals surface area contributed by atoms with E-state index in [1.807, 2.05) is 4.98 Å². The zero-order valence-corrected chi connectivity index (χ0v) is 20.3. The number of hydrogen-bond acceptors (Lipinski definition) is 15. The maximum absolute atomic E-state index is 11.7. The Morgan fingerprint density at radius 1 is 1.11 bits per heavy atom. The molecule has 5 unspecified atom stereocenters. The molecular formula is C15H24N2O19P2. The van der Waals surface area contributed by atoms with Crippen molar-refractivity contribution in [2.45, 2.75) is 49.0 Å². The van der Waals surface area contributed by atoms with E-state index in [1.54, 1.807) is 0 Å². The Labute approximate surface area is 209 Å². The normalized spacial score (nSPS) is 26.2. The van der Waals surface area contributed by atoms with Gasteiger partial charge >= 0.3 is 27.3 Å². The molecule has 1 aliphatic heterocycles. The third-order valence-electron chi connectivity index (χ3n) is 4.49. The first-order chi connectivity index (χ1) is 17.3. The average Bonchev–Trinajstić information content (AvgIpc) is 3.08. The molecule has 2 heterocycles. The molecule has 1 saturated heterocycles. The van der Waals surface area contributed by atoms with Crippen molar-refractivity contribution < 1.29 is 82.7 Å². The van der Waals surface area contributed by atoms with Crippen molar-refractivity contribution in [2.24, 2.45) is 0 Å². The van der Waals surface area contributed by atoms with Crippen molar-refractivity contribution in [2.75, 3.05) is 6.61 Å². The van der Waals surface area contributed by atoms with Gasteiger partial charge in [-0.05, 0) is 0 Å². The van der Waals surface area contributed by atoms with E-state index in [4.69, 9.17) is 44.9 Å². The third kappa shape index (κ3) is 9.84. The van der Waals surface area contributed by atoms with Gasteiger partial charge in [0.1, 0.15) is 36.6 Å². The van der Waals surface area contributed by atoms with E-state index in [-0.39, 0.29) is 6.29 Å². The highest BCUT2D eigenvalue weighted by molar-refractivity contribution is 7.60. The molecule has 0 spiro atoms. The summed E-state index contributed by atoms with van der Waals surface area (Å²) in [5.74, 6) is -1.76. The first-order valence-corrected chi connectivity index (χ1v) is 12.8. The van der Waals surface area contributed by atoms with Crippen LogP contribution in [-0.4, -0.2) is 122 Å². The number of aliphatic hydroxyl groups is 6. The van der Waals surface area contributed by atoms with E-state index in [0.29, 0.717) is 0 Å². The number of aliphatic hydroxyl groups excluding tert-OH is 6. The van der Waals surface area contributed by atoms with Crippen LogP contribution in [0.15, 0.2) is 21.9 Å². The third-order valence-corrected chi connectivity index (χ3v) is 6.64. The zero-order chi connectivity index (χ0) is 29.6. The van der Waals surface area contributed by atoms with Gasteiger partial charge in [-0.1, -0.05) is 0 Å². The molecule has 23 heteroatoms. The van der Waals surface area contributed by atoms with Gasteiger partial charge in [0.25, 0.3) is 5.56 Å². The average molecular weight is 598 g/mol. The van der Waals surface area contributed by atoms with Crippen molar-refractivity contribution in [3.05, 3.63) is 33.1 Å². The number of aldehydes is 1. The van der Waals surface area contributed by atoms with Gasteiger partial charge in [-0.15, -0.1) is 0 Å². The molecule has 0 radical (unpaired) electrons. The number of ether oxygens (including phenoxy) is 1. The Balaban J connectivity index is 0.000000471. The molecule has 218 valence electrons. The van der Waals surface area contributed by atoms with Gasteiger partial charge in [-0.2, -0.15) is 4.31 Å². The van der Waals surface area contributed by atoms with Crippen LogP contribution in [0.5, 0.6) is 0 Å². The number of nitrogens with one attached hydrogen (secondary N) is 1. The highest BCUT2D eigenvalue weighted by atomic mass is 31.3. The number of phosphoric ester groups is 1. The lowest BCUT2D eigenvalue weighted by atomic mass is 10.0. The molecule has 11 N–H and O–H groups in total. The lowest BCUT2D eigenvalue weighted by molar-refractivity contribution is -0.163. The molecule has 1 aliphatic rings. The summed E-state index contributed by atoms with van der Waals surface area (Å²) in [5.41, 5.74) is -1.65. The molecule has 0 aliphatic carbocycles. The van der Waals surface area contributed by atoms with Gasteiger partial charge in [0.2, 0.25) is 0 Å². The molecule has 1 fully saturated rings. The molecule has 1 aromatic heterocycles. The number of carbonyl (C=O) groups is 2. The van der Waals surface area contributed by atoms with Crippen LogP contribution in [0.25, 0.3) is 0 Å². The molecule has 0 saturated carbocycles. The van der Waals surface area contributed by atoms with Crippen molar-refractivity contribution in [3.8, 4) is 0 Å². The molecule has 38 heavy (non-hydrogen) atoms. The number of carboxylic acid groups (broad SMARTS) is 1. The quantitative estimate of drug-likeness (QED) is 0.0834. The van der Waals surface area contributed by atoms with Crippen molar-refractivity contribution >= 4 is 27.9 Å². The highest BCUT2D eigenvalue weighted by Gasteiger charge is 2.45. The van der Waals surface area contributed by atoms with E-state index in [2.05, 4.69) is 8.83 Å². The second-order valence-electron chi connectivity index (χ2n) is 7.29. The lowest BCUT2D eigenvalue weighted by Crippen LogP contribution is -2.48. The van der Waals surface area contributed by atoms with Gasteiger partial charge < -0.3 is 60.0 Å². The summed E-state index contributed by atoms with van der Waals surface area (Å²) in [6, 6.07) is 0.962. The Morgan fingerprint density at radius 2 is 1.68 bits per heavy atom. The number of hydrogen-bond donors (Lipinski definition) is 11. The van der Waals surface area contributed by atoms with Gasteiger partial charge in [0.15, 0.2) is 18.6 Å². The summed E-state index contributed by atoms with van der Waals surface area (Å²) < 4.78 is 35.6. The van der Waals surface area contributed by atoms with Crippen LogP contribution in [0, 0.1) is 0 Å². The van der Waals surface area contributed by atoms with E-state index < -0.39 is 88.4 Å². The fraction of sp³-hybridized carbons (Fsp3) is 0.600. The standard InChI is InChI=1S/C9H14N2O12P2.C6H10O7/c12-5-1-2-11(9(15)10-5)8-7(14)6(13)4(22-8)3-21-25(19,20)23-24(16,17)18;7-1-2(8)3(9)4(10)5(11)6(12)13/h1-2,4,6-8,13-14H,3H2,(H,19,20)(H,10,12,15)(H2,16,17,18);1-5,8-11H,(H,12,13)/t4-,6-,7-,8-;/m1./s1. The van der Waals surface area contributed by atoms with E-state index >= 15 is 0 Å². The fourth-order valence-electron chi connectivity index (χ4n) is 2.67. The summed E-state index contributed by atoms with van der Waals surface area (Å²) in [4.78, 5) is 70.6. The smallest absolute Gasteiger partial charge is 0.479 e. The number of aromatic amines is 1. The predicted molar refractivity (Wildman–Crippen MR) is 114 cm³/mol. The van der Waals surface area contributed by atoms with E-state index in [0.717, 1.165) is 16.8 Å². The minimum Gasteiger partial charge on any atom is -0.479 e. The number of nitrogens with zero attached hydrogens (tertiary/aromatic N) is 1. The SMILES string of the molecule is O=CC(O)C(O)C(O)C(O)C(=O)O.O=c1ccn([C@@H]2O[C@H](COP(=O)(O)OP(=O)(O)O)[C@@H](O)[C@H]2O)c(=O)[nH]1. The summed E-state index contributed by atoms with van der Waals surface area (Å²) in [5, 5.41) is 63.0. The number of aromatic nitrogens is 2. The summed E-state index contributed by atoms with van der Waals surface area (Å²) in [6.07, 6.45) is -13.6. The molecule has 2 rings (SSSR count). The summed E-state index contributed by atoms with van der Waals surface area (Å²) in [6.45, 7) is -0.902. The Hall–Kier alpha value is -2.20. The second kappa shape index (κ2) is 13.7. The van der Waals surface area contributed by atoms with Crippen LogP contribution in [0.4, 0.5) is 0 Å². The second-order valence-corrected chi connectivity index (χ2v) is 10.1. The Bertz CT molecular complexity index is 1160. The maximum atomic E-state index is 11.7.